The second kappa shape index (κ2) is 7.44. The van der Waals surface area contributed by atoms with Gasteiger partial charge in [0.05, 0.1) is 29.9 Å². The van der Waals surface area contributed by atoms with Crippen LogP contribution in [0.3, 0.4) is 0 Å². The SMILES string of the molecule is CCN(C(=O)NCc1csc(-c2cnccn2)n1)[C@H]1CCS(=O)(=O)C1. The second-order valence-corrected chi connectivity index (χ2v) is 8.82. The van der Waals surface area contributed by atoms with Crippen molar-refractivity contribution in [3.8, 4) is 10.7 Å². The van der Waals surface area contributed by atoms with E-state index < -0.39 is 9.84 Å². The van der Waals surface area contributed by atoms with Crippen molar-refractivity contribution in [2.24, 2.45) is 0 Å². The molecule has 25 heavy (non-hydrogen) atoms. The van der Waals surface area contributed by atoms with Gasteiger partial charge >= 0.3 is 6.03 Å². The highest BCUT2D eigenvalue weighted by atomic mass is 32.2. The highest BCUT2D eigenvalue weighted by Crippen LogP contribution is 2.21. The zero-order chi connectivity index (χ0) is 17.9. The Kier molecular flexibility index (Phi) is 5.28. The van der Waals surface area contributed by atoms with Crippen LogP contribution in [0.1, 0.15) is 19.0 Å². The van der Waals surface area contributed by atoms with Crippen molar-refractivity contribution >= 4 is 27.2 Å². The van der Waals surface area contributed by atoms with Gasteiger partial charge in [-0.3, -0.25) is 9.97 Å². The number of rotatable bonds is 5. The standard InChI is InChI=1S/C15H19N5O3S2/c1-2-20(12-3-6-25(22,23)10-12)15(21)18-7-11-9-24-14(19-11)13-8-16-4-5-17-13/h4-5,8-9,12H,2-3,6-7,10H2,1H3,(H,18,21)/t12-/m0/s1. The molecule has 0 spiro atoms. The summed E-state index contributed by atoms with van der Waals surface area (Å²) in [5.41, 5.74) is 1.42. The molecule has 0 aliphatic carbocycles. The van der Waals surface area contributed by atoms with Gasteiger partial charge in [-0.15, -0.1) is 11.3 Å². The zero-order valence-electron chi connectivity index (χ0n) is 13.8. The number of aromatic nitrogens is 3. The summed E-state index contributed by atoms with van der Waals surface area (Å²) in [5, 5.41) is 5.42. The van der Waals surface area contributed by atoms with Crippen molar-refractivity contribution < 1.29 is 13.2 Å². The zero-order valence-corrected chi connectivity index (χ0v) is 15.4. The molecule has 2 aromatic rings. The van der Waals surface area contributed by atoms with Crippen LogP contribution < -0.4 is 5.32 Å². The number of sulfone groups is 1. The average molecular weight is 381 g/mol. The van der Waals surface area contributed by atoms with Crippen LogP contribution in [0.25, 0.3) is 10.7 Å². The largest absolute Gasteiger partial charge is 0.332 e. The number of urea groups is 1. The van der Waals surface area contributed by atoms with Gasteiger partial charge in [-0.1, -0.05) is 0 Å². The first kappa shape index (κ1) is 17.7. The smallest absolute Gasteiger partial charge is 0.317 e. The van der Waals surface area contributed by atoms with Crippen molar-refractivity contribution in [2.75, 3.05) is 18.1 Å². The molecule has 1 N–H and O–H groups in total. The van der Waals surface area contributed by atoms with Gasteiger partial charge in [0.15, 0.2) is 9.84 Å². The van der Waals surface area contributed by atoms with Crippen LogP contribution in [0, 0.1) is 0 Å². The van der Waals surface area contributed by atoms with Gasteiger partial charge in [0.2, 0.25) is 0 Å². The number of amides is 2. The topological polar surface area (TPSA) is 105 Å². The predicted molar refractivity (Wildman–Crippen MR) is 94.8 cm³/mol. The number of carbonyl (C=O) groups is 1. The normalized spacial score (nSPS) is 18.8. The Labute approximate surface area is 150 Å². The van der Waals surface area contributed by atoms with Crippen molar-refractivity contribution in [1.29, 1.82) is 0 Å². The molecule has 0 radical (unpaired) electrons. The van der Waals surface area contributed by atoms with Crippen molar-refractivity contribution in [2.45, 2.75) is 25.9 Å². The van der Waals surface area contributed by atoms with Crippen LogP contribution in [-0.2, 0) is 16.4 Å². The van der Waals surface area contributed by atoms with Gasteiger partial charge in [-0.2, -0.15) is 0 Å². The van der Waals surface area contributed by atoms with E-state index in [1.54, 1.807) is 23.5 Å². The lowest BCUT2D eigenvalue weighted by Crippen LogP contribution is -2.46. The van der Waals surface area contributed by atoms with E-state index in [4.69, 9.17) is 0 Å². The fraction of sp³-hybridized carbons (Fsp3) is 0.467. The van der Waals surface area contributed by atoms with Crippen LogP contribution in [-0.4, -0.2) is 58.4 Å². The fourth-order valence-electron chi connectivity index (χ4n) is 2.77. The first-order chi connectivity index (χ1) is 12.0. The summed E-state index contributed by atoms with van der Waals surface area (Å²) in [6.45, 7) is 2.60. The maximum Gasteiger partial charge on any atom is 0.317 e. The lowest BCUT2D eigenvalue weighted by molar-refractivity contribution is 0.183. The number of thiazole rings is 1. The van der Waals surface area contributed by atoms with Crippen molar-refractivity contribution in [3.63, 3.8) is 0 Å². The Morgan fingerprint density at radius 2 is 2.28 bits per heavy atom. The molecule has 10 heteroatoms. The molecule has 2 amide bonds. The predicted octanol–water partition coefficient (Wildman–Crippen LogP) is 1.32. The van der Waals surface area contributed by atoms with E-state index in [9.17, 15) is 13.2 Å². The number of carbonyl (C=O) groups excluding carboxylic acids is 1. The van der Waals surface area contributed by atoms with E-state index in [1.807, 2.05) is 12.3 Å². The monoisotopic (exact) mass is 381 g/mol. The lowest BCUT2D eigenvalue weighted by Gasteiger charge is -2.26. The molecule has 1 fully saturated rings. The molecule has 134 valence electrons. The average Bonchev–Trinajstić information content (AvgIpc) is 3.21. The third-order valence-corrected chi connectivity index (χ3v) is 6.67. The number of nitrogens with zero attached hydrogens (tertiary/aromatic N) is 4. The van der Waals surface area contributed by atoms with Gasteiger partial charge in [0, 0.05) is 30.4 Å². The van der Waals surface area contributed by atoms with Crippen LogP contribution in [0.5, 0.6) is 0 Å². The van der Waals surface area contributed by atoms with E-state index in [0.717, 1.165) is 10.7 Å². The molecular weight excluding hydrogens is 362 g/mol. The Balaban J connectivity index is 1.59. The second-order valence-electron chi connectivity index (χ2n) is 5.74. The van der Waals surface area contributed by atoms with E-state index >= 15 is 0 Å². The molecule has 0 aromatic carbocycles. The summed E-state index contributed by atoms with van der Waals surface area (Å²) in [4.78, 5) is 26.6. The summed E-state index contributed by atoms with van der Waals surface area (Å²) in [7, 11) is -3.02. The first-order valence-corrected chi connectivity index (χ1v) is 10.6. The molecule has 0 unspecified atom stereocenters. The van der Waals surface area contributed by atoms with E-state index in [2.05, 4.69) is 20.3 Å². The Bertz CT molecular complexity index is 838. The molecule has 3 heterocycles. The third kappa shape index (κ3) is 4.31. The third-order valence-electron chi connectivity index (χ3n) is 4.01. The van der Waals surface area contributed by atoms with Gasteiger partial charge in [-0.05, 0) is 13.3 Å². The summed E-state index contributed by atoms with van der Waals surface area (Å²) in [6, 6.07) is -0.515. The van der Waals surface area contributed by atoms with Crippen molar-refractivity contribution in [3.05, 3.63) is 29.7 Å². The van der Waals surface area contributed by atoms with Gasteiger partial charge in [0.1, 0.15) is 10.7 Å². The minimum Gasteiger partial charge on any atom is -0.332 e. The summed E-state index contributed by atoms with van der Waals surface area (Å²) in [5.74, 6) is 0.191. The molecule has 0 saturated carbocycles. The molecule has 0 bridgehead atoms. The first-order valence-electron chi connectivity index (χ1n) is 7.94. The van der Waals surface area contributed by atoms with Gasteiger partial charge in [-0.25, -0.2) is 18.2 Å². The number of hydrogen-bond donors (Lipinski definition) is 1. The minimum atomic E-state index is -3.02. The summed E-state index contributed by atoms with van der Waals surface area (Å²) >= 11 is 1.44. The van der Waals surface area contributed by atoms with Gasteiger partial charge in [0.25, 0.3) is 0 Å². The van der Waals surface area contributed by atoms with E-state index in [0.29, 0.717) is 18.7 Å². The lowest BCUT2D eigenvalue weighted by atomic mass is 10.2. The maximum atomic E-state index is 12.4. The highest BCUT2D eigenvalue weighted by molar-refractivity contribution is 7.91. The molecule has 3 rings (SSSR count). The summed E-state index contributed by atoms with van der Waals surface area (Å²) < 4.78 is 23.2. The van der Waals surface area contributed by atoms with E-state index in [-0.39, 0.29) is 30.1 Å². The molecule has 1 aliphatic heterocycles. The molecule has 1 saturated heterocycles. The van der Waals surface area contributed by atoms with Crippen LogP contribution in [0.2, 0.25) is 0 Å². The molecule has 8 nitrogen and oxygen atoms in total. The van der Waals surface area contributed by atoms with Crippen LogP contribution >= 0.6 is 11.3 Å². The summed E-state index contributed by atoms with van der Waals surface area (Å²) in [6.07, 6.45) is 5.34. The quantitative estimate of drug-likeness (QED) is 0.837. The number of nitrogens with one attached hydrogen (secondary N) is 1. The van der Waals surface area contributed by atoms with Gasteiger partial charge < -0.3 is 10.2 Å². The molecular formula is C15H19N5O3S2. The Morgan fingerprint density at radius 1 is 1.44 bits per heavy atom. The Morgan fingerprint density at radius 3 is 2.92 bits per heavy atom. The Hall–Kier alpha value is -2.07. The fourth-order valence-corrected chi connectivity index (χ4v) is 5.28. The minimum absolute atomic E-state index is 0.0434. The molecule has 1 atom stereocenters. The highest BCUT2D eigenvalue weighted by Gasteiger charge is 2.33. The maximum absolute atomic E-state index is 12.4. The van der Waals surface area contributed by atoms with Crippen LogP contribution in [0.4, 0.5) is 4.79 Å². The van der Waals surface area contributed by atoms with Crippen molar-refractivity contribution in [1.82, 2.24) is 25.2 Å². The molecule has 2 aromatic heterocycles. The number of hydrogen-bond acceptors (Lipinski definition) is 7. The van der Waals surface area contributed by atoms with Crippen LogP contribution in [0.15, 0.2) is 24.0 Å². The van der Waals surface area contributed by atoms with E-state index in [1.165, 1.54) is 11.3 Å². The molecule has 1 aliphatic rings.